The number of fused-ring (bicyclic) bond motifs is 1. The number of carbonyl (C=O) groups is 1. The average Bonchev–Trinajstić information content (AvgIpc) is 3.01. The Bertz CT molecular complexity index is 739. The Morgan fingerprint density at radius 3 is 2.93 bits per heavy atom. The summed E-state index contributed by atoms with van der Waals surface area (Å²) >= 11 is 0. The van der Waals surface area contributed by atoms with Crippen molar-refractivity contribution in [3.63, 3.8) is 0 Å². The van der Waals surface area contributed by atoms with E-state index >= 15 is 0 Å². The van der Waals surface area contributed by atoms with Gasteiger partial charge in [-0.1, -0.05) is 0 Å². The number of amides is 1. The summed E-state index contributed by atoms with van der Waals surface area (Å²) in [5, 5.41) is 3.06. The van der Waals surface area contributed by atoms with E-state index in [0.717, 1.165) is 57.7 Å². The van der Waals surface area contributed by atoms with E-state index < -0.39 is 0 Å². The lowest BCUT2D eigenvalue weighted by Gasteiger charge is -2.35. The molecule has 146 valence electrons. The van der Waals surface area contributed by atoms with Crippen LogP contribution in [0.2, 0.25) is 0 Å². The van der Waals surface area contributed by atoms with Gasteiger partial charge in [-0.25, -0.2) is 9.97 Å². The number of nitrogens with one attached hydrogen (secondary N) is 1. The van der Waals surface area contributed by atoms with Crippen molar-refractivity contribution in [2.24, 2.45) is 11.7 Å². The molecule has 27 heavy (non-hydrogen) atoms. The van der Waals surface area contributed by atoms with Gasteiger partial charge in [0.05, 0.1) is 18.2 Å². The summed E-state index contributed by atoms with van der Waals surface area (Å²) in [6.45, 7) is 3.66. The topological polar surface area (TPSA) is 97.8 Å². The number of hydrogen-bond acceptors (Lipinski definition) is 6. The molecule has 2 aliphatic heterocycles. The summed E-state index contributed by atoms with van der Waals surface area (Å²) in [6, 6.07) is 2.47. The molecule has 0 aliphatic carbocycles. The molecule has 0 spiro atoms. The SMILES string of the molecule is N[C@H]1CC[C@@H](C(=O)NCc2cn3cccnc3n2)CN(C2CCOCC2)C1. The molecule has 4 rings (SSSR count). The fourth-order valence-electron chi connectivity index (χ4n) is 4.11. The van der Waals surface area contributed by atoms with Crippen LogP contribution in [-0.4, -0.2) is 63.6 Å². The minimum Gasteiger partial charge on any atom is -0.381 e. The van der Waals surface area contributed by atoms with Crippen molar-refractivity contribution < 1.29 is 9.53 Å². The molecule has 3 N–H and O–H groups in total. The van der Waals surface area contributed by atoms with Gasteiger partial charge in [0, 0.05) is 57.0 Å². The highest BCUT2D eigenvalue weighted by atomic mass is 16.5. The molecular formula is C19H28N6O2. The van der Waals surface area contributed by atoms with E-state index in [-0.39, 0.29) is 17.9 Å². The third-order valence-corrected chi connectivity index (χ3v) is 5.62. The van der Waals surface area contributed by atoms with Gasteiger partial charge in [-0.05, 0) is 31.7 Å². The van der Waals surface area contributed by atoms with Crippen molar-refractivity contribution >= 4 is 11.7 Å². The van der Waals surface area contributed by atoms with Crippen LogP contribution >= 0.6 is 0 Å². The van der Waals surface area contributed by atoms with Gasteiger partial charge in [0.15, 0.2) is 0 Å². The lowest BCUT2D eigenvalue weighted by molar-refractivity contribution is -0.126. The highest BCUT2D eigenvalue weighted by Gasteiger charge is 2.31. The summed E-state index contributed by atoms with van der Waals surface area (Å²) in [7, 11) is 0. The Labute approximate surface area is 159 Å². The second-order valence-corrected chi connectivity index (χ2v) is 7.61. The average molecular weight is 372 g/mol. The van der Waals surface area contributed by atoms with E-state index in [1.54, 1.807) is 6.20 Å². The van der Waals surface area contributed by atoms with Gasteiger partial charge in [0.2, 0.25) is 11.7 Å². The Morgan fingerprint density at radius 1 is 1.26 bits per heavy atom. The molecular weight excluding hydrogens is 344 g/mol. The highest BCUT2D eigenvalue weighted by Crippen LogP contribution is 2.22. The van der Waals surface area contributed by atoms with Crippen LogP contribution in [0.4, 0.5) is 0 Å². The summed E-state index contributed by atoms with van der Waals surface area (Å²) in [5.74, 6) is 0.704. The van der Waals surface area contributed by atoms with Crippen molar-refractivity contribution in [2.75, 3.05) is 26.3 Å². The van der Waals surface area contributed by atoms with Crippen molar-refractivity contribution in [1.82, 2.24) is 24.6 Å². The van der Waals surface area contributed by atoms with Gasteiger partial charge in [-0.3, -0.25) is 14.1 Å². The number of rotatable bonds is 4. The third-order valence-electron chi connectivity index (χ3n) is 5.62. The Kier molecular flexibility index (Phi) is 5.66. The molecule has 2 aliphatic rings. The Morgan fingerprint density at radius 2 is 2.11 bits per heavy atom. The van der Waals surface area contributed by atoms with Crippen LogP contribution in [0.15, 0.2) is 24.7 Å². The van der Waals surface area contributed by atoms with E-state index in [4.69, 9.17) is 10.5 Å². The normalized spacial score (nSPS) is 25.4. The van der Waals surface area contributed by atoms with E-state index in [1.807, 2.05) is 22.9 Å². The number of likely N-dealkylation sites (tertiary alicyclic amines) is 1. The fraction of sp³-hybridized carbons (Fsp3) is 0.632. The first kappa shape index (κ1) is 18.3. The molecule has 2 fully saturated rings. The Hall–Kier alpha value is -2.03. The maximum Gasteiger partial charge on any atom is 0.233 e. The number of nitrogens with zero attached hydrogens (tertiary/aromatic N) is 4. The fourth-order valence-corrected chi connectivity index (χ4v) is 4.11. The van der Waals surface area contributed by atoms with Gasteiger partial charge in [0.25, 0.3) is 0 Å². The van der Waals surface area contributed by atoms with Gasteiger partial charge in [0.1, 0.15) is 0 Å². The third kappa shape index (κ3) is 4.45. The number of nitrogens with two attached hydrogens (primary N) is 1. The smallest absolute Gasteiger partial charge is 0.233 e. The summed E-state index contributed by atoms with van der Waals surface area (Å²) in [6.07, 6.45) is 9.28. The summed E-state index contributed by atoms with van der Waals surface area (Å²) < 4.78 is 7.34. The quantitative estimate of drug-likeness (QED) is 0.814. The monoisotopic (exact) mass is 372 g/mol. The zero-order valence-corrected chi connectivity index (χ0v) is 15.6. The largest absolute Gasteiger partial charge is 0.381 e. The zero-order valence-electron chi connectivity index (χ0n) is 15.6. The van der Waals surface area contributed by atoms with Crippen molar-refractivity contribution in [3.05, 3.63) is 30.4 Å². The van der Waals surface area contributed by atoms with E-state index in [1.165, 1.54) is 0 Å². The first-order chi connectivity index (χ1) is 13.2. The summed E-state index contributed by atoms with van der Waals surface area (Å²) in [5.41, 5.74) is 7.09. The molecule has 8 heteroatoms. The molecule has 2 aromatic heterocycles. The number of ether oxygens (including phenoxy) is 1. The number of aromatic nitrogens is 3. The van der Waals surface area contributed by atoms with Crippen LogP contribution in [0.25, 0.3) is 5.78 Å². The van der Waals surface area contributed by atoms with Crippen molar-refractivity contribution in [3.8, 4) is 0 Å². The highest BCUT2D eigenvalue weighted by molar-refractivity contribution is 5.78. The zero-order chi connectivity index (χ0) is 18.6. The molecule has 2 atom stereocenters. The number of hydrogen-bond donors (Lipinski definition) is 2. The Balaban J connectivity index is 1.37. The molecule has 4 heterocycles. The predicted octanol–water partition coefficient (Wildman–Crippen LogP) is 0.564. The summed E-state index contributed by atoms with van der Waals surface area (Å²) in [4.78, 5) is 23.9. The minimum atomic E-state index is -0.0310. The van der Waals surface area contributed by atoms with Crippen LogP contribution in [0.3, 0.4) is 0 Å². The molecule has 8 nitrogen and oxygen atoms in total. The first-order valence-corrected chi connectivity index (χ1v) is 9.83. The van der Waals surface area contributed by atoms with Crippen LogP contribution in [0.5, 0.6) is 0 Å². The maximum absolute atomic E-state index is 12.8. The van der Waals surface area contributed by atoms with Crippen molar-refractivity contribution in [1.29, 1.82) is 0 Å². The lowest BCUT2D eigenvalue weighted by atomic mass is 10.0. The molecule has 0 aromatic carbocycles. The number of carbonyl (C=O) groups excluding carboxylic acids is 1. The molecule has 1 amide bonds. The second kappa shape index (κ2) is 8.33. The van der Waals surface area contributed by atoms with Gasteiger partial charge >= 0.3 is 0 Å². The maximum atomic E-state index is 12.8. The van der Waals surface area contributed by atoms with E-state index in [0.29, 0.717) is 18.4 Å². The van der Waals surface area contributed by atoms with Gasteiger partial charge in [-0.15, -0.1) is 0 Å². The van der Waals surface area contributed by atoms with E-state index in [2.05, 4.69) is 20.2 Å². The molecule has 2 saturated heterocycles. The standard InChI is InChI=1S/C19H28N6O2/c20-15-3-2-14(11-25(12-15)17-4-8-27-9-5-17)18(26)22-10-16-13-24-7-1-6-21-19(24)23-16/h1,6-7,13-15,17H,2-5,8-12,20H2,(H,22,26)/t14-,15+/m1/s1. The van der Waals surface area contributed by atoms with Crippen LogP contribution in [0.1, 0.15) is 31.4 Å². The molecule has 2 aromatic rings. The van der Waals surface area contributed by atoms with Gasteiger partial charge in [-0.2, -0.15) is 0 Å². The lowest BCUT2D eigenvalue weighted by Crippen LogP contribution is -2.47. The second-order valence-electron chi connectivity index (χ2n) is 7.61. The minimum absolute atomic E-state index is 0.0310. The molecule has 0 saturated carbocycles. The van der Waals surface area contributed by atoms with E-state index in [9.17, 15) is 4.79 Å². The van der Waals surface area contributed by atoms with Crippen LogP contribution in [-0.2, 0) is 16.1 Å². The molecule has 0 unspecified atom stereocenters. The van der Waals surface area contributed by atoms with Crippen LogP contribution in [0, 0.1) is 5.92 Å². The first-order valence-electron chi connectivity index (χ1n) is 9.83. The molecule has 0 bridgehead atoms. The molecule has 0 radical (unpaired) electrons. The number of imidazole rings is 1. The predicted molar refractivity (Wildman–Crippen MR) is 101 cm³/mol. The van der Waals surface area contributed by atoms with Gasteiger partial charge < -0.3 is 15.8 Å². The van der Waals surface area contributed by atoms with Crippen molar-refractivity contribution in [2.45, 2.75) is 44.3 Å². The van der Waals surface area contributed by atoms with Crippen LogP contribution < -0.4 is 11.1 Å².